The van der Waals surface area contributed by atoms with Crippen LogP contribution in [0.2, 0.25) is 0 Å². The van der Waals surface area contributed by atoms with Crippen LogP contribution in [-0.2, 0) is 9.59 Å². The van der Waals surface area contributed by atoms with Crippen molar-refractivity contribution in [3.8, 4) is 5.75 Å². The molecule has 31 heavy (non-hydrogen) atoms. The second-order valence-corrected chi connectivity index (χ2v) is 7.16. The molecule has 0 heterocycles. The van der Waals surface area contributed by atoms with E-state index in [1.54, 1.807) is 13.2 Å². The first-order valence-corrected chi connectivity index (χ1v) is 10.1. The van der Waals surface area contributed by atoms with Crippen molar-refractivity contribution < 1.29 is 14.3 Å². The van der Waals surface area contributed by atoms with Gasteiger partial charge in [-0.15, -0.1) is 0 Å². The highest BCUT2D eigenvalue weighted by atomic mass is 16.5. The molecule has 3 N–H and O–H groups in total. The Labute approximate surface area is 182 Å². The molecule has 0 radical (unpaired) electrons. The number of aryl methyl sites for hydroxylation is 1. The van der Waals surface area contributed by atoms with E-state index in [2.05, 4.69) is 16.0 Å². The van der Waals surface area contributed by atoms with E-state index < -0.39 is 0 Å². The third-order valence-corrected chi connectivity index (χ3v) is 4.81. The number of anilines is 1. The molecule has 2 amide bonds. The predicted molar refractivity (Wildman–Crippen MR) is 122 cm³/mol. The topological polar surface area (TPSA) is 79.5 Å². The smallest absolute Gasteiger partial charge is 0.243 e. The Balaban J connectivity index is 1.55. The molecule has 0 atom stereocenters. The molecule has 0 saturated carbocycles. The Morgan fingerprint density at radius 1 is 0.839 bits per heavy atom. The molecule has 0 unspecified atom stereocenters. The molecule has 0 aliphatic heterocycles. The van der Waals surface area contributed by atoms with Gasteiger partial charge in [-0.2, -0.15) is 0 Å². The number of nitrogens with one attached hydrogen (secondary N) is 3. The van der Waals surface area contributed by atoms with E-state index in [9.17, 15) is 9.59 Å². The number of benzene rings is 3. The monoisotopic (exact) mass is 417 g/mol. The predicted octanol–water partition coefficient (Wildman–Crippen LogP) is 3.44. The van der Waals surface area contributed by atoms with E-state index in [4.69, 9.17) is 4.74 Å². The van der Waals surface area contributed by atoms with Crippen LogP contribution in [0.25, 0.3) is 0 Å². The Bertz CT molecular complexity index is 968. The van der Waals surface area contributed by atoms with Gasteiger partial charge in [0.25, 0.3) is 0 Å². The maximum Gasteiger partial charge on any atom is 0.243 e. The summed E-state index contributed by atoms with van der Waals surface area (Å²) in [5.74, 6) is -0.0105. The minimum Gasteiger partial charge on any atom is -0.495 e. The normalized spacial score (nSPS) is 10.5. The molecule has 3 rings (SSSR count). The maximum absolute atomic E-state index is 12.4. The molecule has 0 bridgehead atoms. The summed E-state index contributed by atoms with van der Waals surface area (Å²) in [6.45, 7) is 1.88. The Morgan fingerprint density at radius 3 is 2.03 bits per heavy atom. The third-order valence-electron chi connectivity index (χ3n) is 4.81. The lowest BCUT2D eigenvalue weighted by Crippen LogP contribution is -2.39. The fraction of sp³-hybridized carbons (Fsp3) is 0.200. The van der Waals surface area contributed by atoms with Gasteiger partial charge in [0.05, 0.1) is 31.9 Å². The van der Waals surface area contributed by atoms with Crippen LogP contribution in [0.4, 0.5) is 5.69 Å². The highest BCUT2D eigenvalue weighted by molar-refractivity contribution is 5.96. The average molecular weight is 418 g/mol. The fourth-order valence-electron chi connectivity index (χ4n) is 3.27. The summed E-state index contributed by atoms with van der Waals surface area (Å²) in [5.41, 5.74) is 3.70. The van der Waals surface area contributed by atoms with Crippen molar-refractivity contribution in [3.05, 3.63) is 95.6 Å². The SMILES string of the molecule is COc1ccc(C)cc1NC(=O)CNC(=O)CNC(c1ccccc1)c1ccccc1. The zero-order valence-electron chi connectivity index (χ0n) is 17.7. The Kier molecular flexibility index (Phi) is 7.79. The van der Waals surface area contributed by atoms with E-state index in [0.29, 0.717) is 11.4 Å². The van der Waals surface area contributed by atoms with Gasteiger partial charge in [0.15, 0.2) is 0 Å². The van der Waals surface area contributed by atoms with E-state index in [1.165, 1.54) is 0 Å². The molecule has 0 aromatic heterocycles. The lowest BCUT2D eigenvalue weighted by atomic mass is 9.99. The van der Waals surface area contributed by atoms with Crippen LogP contribution in [0, 0.1) is 6.92 Å². The van der Waals surface area contributed by atoms with Crippen molar-refractivity contribution in [3.63, 3.8) is 0 Å². The summed E-state index contributed by atoms with van der Waals surface area (Å²) in [6, 6.07) is 25.3. The largest absolute Gasteiger partial charge is 0.495 e. The summed E-state index contributed by atoms with van der Waals surface area (Å²) in [4.78, 5) is 24.6. The number of hydrogen-bond acceptors (Lipinski definition) is 4. The molecule has 0 fully saturated rings. The van der Waals surface area contributed by atoms with E-state index in [1.807, 2.05) is 79.7 Å². The lowest BCUT2D eigenvalue weighted by Gasteiger charge is -2.19. The number of rotatable bonds is 9. The molecule has 6 heteroatoms. The first-order valence-electron chi connectivity index (χ1n) is 10.1. The van der Waals surface area contributed by atoms with Gasteiger partial charge in [0.1, 0.15) is 5.75 Å². The van der Waals surface area contributed by atoms with Gasteiger partial charge in [-0.1, -0.05) is 66.7 Å². The fourth-order valence-corrected chi connectivity index (χ4v) is 3.27. The molecule has 160 valence electrons. The molecule has 0 spiro atoms. The Hall–Kier alpha value is -3.64. The minimum atomic E-state index is -0.320. The number of methoxy groups -OCH3 is 1. The first kappa shape index (κ1) is 22.1. The van der Waals surface area contributed by atoms with Crippen molar-refractivity contribution in [1.29, 1.82) is 0 Å². The number of hydrogen-bond donors (Lipinski definition) is 3. The number of carbonyl (C=O) groups excluding carboxylic acids is 2. The van der Waals surface area contributed by atoms with E-state index in [0.717, 1.165) is 16.7 Å². The zero-order valence-corrected chi connectivity index (χ0v) is 17.7. The van der Waals surface area contributed by atoms with Crippen molar-refractivity contribution in [2.75, 3.05) is 25.5 Å². The first-order chi connectivity index (χ1) is 15.1. The van der Waals surface area contributed by atoms with Gasteiger partial charge in [0, 0.05) is 0 Å². The molecule has 0 aliphatic carbocycles. The van der Waals surface area contributed by atoms with Crippen molar-refractivity contribution in [2.24, 2.45) is 0 Å². The van der Waals surface area contributed by atoms with Gasteiger partial charge in [-0.25, -0.2) is 0 Å². The van der Waals surface area contributed by atoms with Crippen molar-refractivity contribution in [1.82, 2.24) is 10.6 Å². The number of ether oxygens (including phenoxy) is 1. The Morgan fingerprint density at radius 2 is 1.45 bits per heavy atom. The van der Waals surface area contributed by atoms with Gasteiger partial charge >= 0.3 is 0 Å². The highest BCUT2D eigenvalue weighted by Crippen LogP contribution is 2.25. The van der Waals surface area contributed by atoms with Crippen LogP contribution < -0.4 is 20.7 Å². The van der Waals surface area contributed by atoms with Crippen LogP contribution in [0.5, 0.6) is 5.75 Å². The van der Waals surface area contributed by atoms with Gasteiger partial charge in [-0.05, 0) is 35.7 Å². The van der Waals surface area contributed by atoms with Crippen molar-refractivity contribution in [2.45, 2.75) is 13.0 Å². The van der Waals surface area contributed by atoms with Crippen molar-refractivity contribution >= 4 is 17.5 Å². The summed E-state index contributed by atoms with van der Waals surface area (Å²) in [5, 5.41) is 8.72. The van der Waals surface area contributed by atoms with Crippen LogP contribution >= 0.6 is 0 Å². The zero-order chi connectivity index (χ0) is 22.1. The molecular formula is C25H27N3O3. The molecule has 6 nitrogen and oxygen atoms in total. The van der Waals surface area contributed by atoms with Crippen LogP contribution in [0.15, 0.2) is 78.9 Å². The summed E-state index contributed by atoms with van der Waals surface area (Å²) >= 11 is 0. The van der Waals surface area contributed by atoms with Gasteiger partial charge in [-0.3, -0.25) is 14.9 Å². The quantitative estimate of drug-likeness (QED) is 0.498. The molecule has 0 saturated heterocycles. The second-order valence-electron chi connectivity index (χ2n) is 7.16. The number of amides is 2. The molecule has 0 aliphatic rings. The van der Waals surface area contributed by atoms with E-state index >= 15 is 0 Å². The average Bonchev–Trinajstić information content (AvgIpc) is 2.79. The lowest BCUT2D eigenvalue weighted by molar-refractivity contribution is -0.123. The van der Waals surface area contributed by atoms with Gasteiger partial charge < -0.3 is 15.4 Å². The minimum absolute atomic E-state index is 0.0789. The summed E-state index contributed by atoms with van der Waals surface area (Å²) in [7, 11) is 1.55. The molecule has 3 aromatic carbocycles. The second kappa shape index (κ2) is 10.9. The summed E-state index contributed by atoms with van der Waals surface area (Å²) < 4.78 is 5.26. The van der Waals surface area contributed by atoms with Crippen LogP contribution in [0.1, 0.15) is 22.7 Å². The van der Waals surface area contributed by atoms with Gasteiger partial charge in [0.2, 0.25) is 11.8 Å². The molecule has 3 aromatic rings. The number of carbonyl (C=O) groups is 2. The standard InChI is InChI=1S/C25H27N3O3/c1-18-13-14-22(31-2)21(15-18)28-24(30)17-26-23(29)16-27-25(19-9-5-3-6-10-19)20-11-7-4-8-12-20/h3-15,25,27H,16-17H2,1-2H3,(H,26,29)(H,28,30). The van der Waals surface area contributed by atoms with Crippen LogP contribution in [0.3, 0.4) is 0 Å². The van der Waals surface area contributed by atoms with Crippen LogP contribution in [-0.4, -0.2) is 32.0 Å². The van der Waals surface area contributed by atoms with E-state index in [-0.39, 0.29) is 30.9 Å². The third kappa shape index (κ3) is 6.42. The maximum atomic E-state index is 12.4. The summed E-state index contributed by atoms with van der Waals surface area (Å²) in [6.07, 6.45) is 0. The highest BCUT2D eigenvalue weighted by Gasteiger charge is 2.15. The molecular weight excluding hydrogens is 390 g/mol.